The molecule has 0 spiro atoms. The number of alkyl halides is 3. The molecule has 106 valence electrons. The lowest BCUT2D eigenvalue weighted by Gasteiger charge is -2.12. The number of nitrogens with one attached hydrogen (secondary N) is 1. The summed E-state index contributed by atoms with van der Waals surface area (Å²) in [6.07, 6.45) is -1.61. The van der Waals surface area contributed by atoms with E-state index in [1.807, 2.05) is 0 Å². The average molecular weight is 284 g/mol. The molecule has 0 saturated carbocycles. The molecule has 2 aromatic rings. The van der Waals surface area contributed by atoms with Crippen LogP contribution in [-0.2, 0) is 6.18 Å². The molecule has 0 radical (unpaired) electrons. The molecule has 1 N–H and O–H groups in total. The van der Waals surface area contributed by atoms with Crippen molar-refractivity contribution in [2.24, 2.45) is 0 Å². The van der Waals surface area contributed by atoms with Crippen molar-refractivity contribution < 1.29 is 17.9 Å². The summed E-state index contributed by atoms with van der Waals surface area (Å²) in [6, 6.07) is 2.44. The van der Waals surface area contributed by atoms with Crippen molar-refractivity contribution in [1.82, 2.24) is 15.0 Å². The molecule has 2 rings (SSSR count). The number of methoxy groups -OCH3 is 1. The van der Waals surface area contributed by atoms with Gasteiger partial charge in [0, 0.05) is 11.9 Å². The highest BCUT2D eigenvalue weighted by molar-refractivity contribution is 5.61. The van der Waals surface area contributed by atoms with Crippen molar-refractivity contribution in [3.05, 3.63) is 35.9 Å². The predicted molar refractivity (Wildman–Crippen MR) is 65.8 cm³/mol. The summed E-state index contributed by atoms with van der Waals surface area (Å²) < 4.78 is 43.1. The Labute approximate surface area is 112 Å². The lowest BCUT2D eigenvalue weighted by molar-refractivity contribution is -0.141. The van der Waals surface area contributed by atoms with Crippen LogP contribution in [0.3, 0.4) is 0 Å². The minimum absolute atomic E-state index is 0.151. The minimum atomic E-state index is -4.52. The molecule has 0 saturated heterocycles. The van der Waals surface area contributed by atoms with Gasteiger partial charge in [0.05, 0.1) is 19.0 Å². The van der Waals surface area contributed by atoms with E-state index in [9.17, 15) is 13.2 Å². The number of hydrogen-bond acceptors (Lipinski definition) is 5. The van der Waals surface area contributed by atoms with E-state index in [1.54, 1.807) is 6.07 Å². The standard InChI is InChI=1S/C12H11F3N4O/c1-7-5-10(12(13,14)15)19-11(17-7)18-8-3-4-16-6-9(8)20-2/h3-6H,1-2H3,(H,16,17,18,19). The van der Waals surface area contributed by atoms with E-state index in [0.29, 0.717) is 11.4 Å². The highest BCUT2D eigenvalue weighted by Gasteiger charge is 2.33. The summed E-state index contributed by atoms with van der Waals surface area (Å²) in [5.41, 5.74) is -0.357. The normalized spacial score (nSPS) is 11.2. The van der Waals surface area contributed by atoms with Gasteiger partial charge in [0.1, 0.15) is 5.69 Å². The fourth-order valence-electron chi connectivity index (χ4n) is 1.54. The third-order valence-corrected chi connectivity index (χ3v) is 2.40. The Balaban J connectivity index is 2.36. The monoisotopic (exact) mass is 284 g/mol. The van der Waals surface area contributed by atoms with Crippen LogP contribution >= 0.6 is 0 Å². The fraction of sp³-hybridized carbons (Fsp3) is 0.250. The van der Waals surface area contributed by atoms with E-state index in [0.717, 1.165) is 6.07 Å². The number of aromatic nitrogens is 3. The molecule has 0 amide bonds. The van der Waals surface area contributed by atoms with Crippen LogP contribution < -0.4 is 10.1 Å². The molecular weight excluding hydrogens is 273 g/mol. The van der Waals surface area contributed by atoms with Crippen LogP contribution in [0.4, 0.5) is 24.8 Å². The first-order valence-electron chi connectivity index (χ1n) is 5.58. The number of hydrogen-bond donors (Lipinski definition) is 1. The van der Waals surface area contributed by atoms with Crippen LogP contribution in [0.1, 0.15) is 11.4 Å². The SMILES string of the molecule is COc1cnccc1Nc1nc(C)cc(C(F)(F)F)n1. The van der Waals surface area contributed by atoms with Gasteiger partial charge < -0.3 is 10.1 Å². The van der Waals surface area contributed by atoms with Gasteiger partial charge in [-0.1, -0.05) is 0 Å². The Morgan fingerprint density at radius 2 is 2.00 bits per heavy atom. The molecule has 0 aliphatic carbocycles. The second-order valence-electron chi connectivity index (χ2n) is 3.92. The van der Waals surface area contributed by atoms with Gasteiger partial charge >= 0.3 is 6.18 Å². The topological polar surface area (TPSA) is 59.9 Å². The molecule has 2 heterocycles. The second kappa shape index (κ2) is 5.32. The minimum Gasteiger partial charge on any atom is -0.493 e. The molecule has 2 aromatic heterocycles. The lowest BCUT2D eigenvalue weighted by Crippen LogP contribution is -2.11. The number of halogens is 3. The zero-order valence-electron chi connectivity index (χ0n) is 10.7. The third-order valence-electron chi connectivity index (χ3n) is 2.40. The van der Waals surface area contributed by atoms with Crippen molar-refractivity contribution in [2.45, 2.75) is 13.1 Å². The van der Waals surface area contributed by atoms with Gasteiger partial charge in [-0.3, -0.25) is 4.98 Å². The van der Waals surface area contributed by atoms with Crippen LogP contribution in [0.2, 0.25) is 0 Å². The zero-order chi connectivity index (χ0) is 14.8. The third kappa shape index (κ3) is 3.14. The first-order chi connectivity index (χ1) is 9.40. The number of nitrogens with zero attached hydrogens (tertiary/aromatic N) is 3. The first kappa shape index (κ1) is 14.0. The summed E-state index contributed by atoms with van der Waals surface area (Å²) in [7, 11) is 1.43. The maximum Gasteiger partial charge on any atom is 0.433 e. The summed E-state index contributed by atoms with van der Waals surface area (Å²) in [5.74, 6) is 0.230. The number of aryl methyl sites for hydroxylation is 1. The van der Waals surface area contributed by atoms with Gasteiger partial charge in [-0.05, 0) is 19.1 Å². The molecule has 5 nitrogen and oxygen atoms in total. The highest BCUT2D eigenvalue weighted by Crippen LogP contribution is 2.30. The Bertz CT molecular complexity index is 616. The molecule has 20 heavy (non-hydrogen) atoms. The molecule has 0 fully saturated rings. The lowest BCUT2D eigenvalue weighted by atomic mass is 10.3. The van der Waals surface area contributed by atoms with E-state index < -0.39 is 11.9 Å². The molecule has 0 aromatic carbocycles. The van der Waals surface area contributed by atoms with Gasteiger partial charge in [0.25, 0.3) is 0 Å². The Hall–Kier alpha value is -2.38. The van der Waals surface area contributed by atoms with E-state index >= 15 is 0 Å². The largest absolute Gasteiger partial charge is 0.493 e. The van der Waals surface area contributed by atoms with Crippen LogP contribution in [0.5, 0.6) is 5.75 Å². The van der Waals surface area contributed by atoms with Crippen LogP contribution in [-0.4, -0.2) is 22.1 Å². The van der Waals surface area contributed by atoms with Crippen molar-refractivity contribution >= 4 is 11.6 Å². The first-order valence-corrected chi connectivity index (χ1v) is 5.58. The Morgan fingerprint density at radius 3 is 2.65 bits per heavy atom. The van der Waals surface area contributed by atoms with Crippen molar-refractivity contribution in [2.75, 3.05) is 12.4 Å². The van der Waals surface area contributed by atoms with Crippen LogP contribution in [0.15, 0.2) is 24.5 Å². The quantitative estimate of drug-likeness (QED) is 0.939. The molecule has 0 unspecified atom stereocenters. The number of ether oxygens (including phenoxy) is 1. The Morgan fingerprint density at radius 1 is 1.25 bits per heavy atom. The molecule has 0 aliphatic rings. The van der Waals surface area contributed by atoms with Crippen LogP contribution in [0.25, 0.3) is 0 Å². The summed E-state index contributed by atoms with van der Waals surface area (Å²) in [5, 5.41) is 2.69. The molecule has 8 heteroatoms. The fourth-order valence-corrected chi connectivity index (χ4v) is 1.54. The Kier molecular flexibility index (Phi) is 3.73. The van der Waals surface area contributed by atoms with E-state index in [2.05, 4.69) is 20.3 Å². The van der Waals surface area contributed by atoms with Gasteiger partial charge in [0.2, 0.25) is 5.95 Å². The maximum atomic E-state index is 12.7. The van der Waals surface area contributed by atoms with Crippen molar-refractivity contribution in [1.29, 1.82) is 0 Å². The predicted octanol–water partition coefficient (Wildman–Crippen LogP) is 2.95. The highest BCUT2D eigenvalue weighted by atomic mass is 19.4. The number of anilines is 2. The summed E-state index contributed by atoms with van der Waals surface area (Å²) >= 11 is 0. The molecular formula is C12H11F3N4O. The maximum absolute atomic E-state index is 12.7. The second-order valence-corrected chi connectivity index (χ2v) is 3.92. The van der Waals surface area contributed by atoms with E-state index in [1.165, 1.54) is 26.4 Å². The molecule has 0 aliphatic heterocycles. The number of pyridine rings is 1. The van der Waals surface area contributed by atoms with Gasteiger partial charge in [0.15, 0.2) is 5.75 Å². The molecule has 0 bridgehead atoms. The summed E-state index contributed by atoms with van der Waals surface area (Å²) in [6.45, 7) is 1.46. The van der Waals surface area contributed by atoms with Crippen molar-refractivity contribution in [3.63, 3.8) is 0 Å². The van der Waals surface area contributed by atoms with Gasteiger partial charge in [-0.15, -0.1) is 0 Å². The van der Waals surface area contributed by atoms with E-state index in [4.69, 9.17) is 4.74 Å². The van der Waals surface area contributed by atoms with Crippen molar-refractivity contribution in [3.8, 4) is 5.75 Å². The molecule has 0 atom stereocenters. The van der Waals surface area contributed by atoms with Gasteiger partial charge in [-0.25, -0.2) is 9.97 Å². The van der Waals surface area contributed by atoms with E-state index in [-0.39, 0.29) is 11.6 Å². The summed E-state index contributed by atoms with van der Waals surface area (Å²) in [4.78, 5) is 11.2. The zero-order valence-corrected chi connectivity index (χ0v) is 10.7. The van der Waals surface area contributed by atoms with Crippen LogP contribution in [0, 0.1) is 6.92 Å². The average Bonchev–Trinajstić information content (AvgIpc) is 2.37. The smallest absolute Gasteiger partial charge is 0.433 e. The number of rotatable bonds is 3. The van der Waals surface area contributed by atoms with Gasteiger partial charge in [-0.2, -0.15) is 13.2 Å².